The zero-order chi connectivity index (χ0) is 11.0. The van der Waals surface area contributed by atoms with Crippen LogP contribution in [0.25, 0.3) is 0 Å². The van der Waals surface area contributed by atoms with E-state index < -0.39 is 0 Å². The highest BCUT2D eigenvalue weighted by atomic mass is 16.2. The first-order valence-corrected chi connectivity index (χ1v) is 5.25. The first-order valence-electron chi connectivity index (χ1n) is 5.25. The van der Waals surface area contributed by atoms with E-state index >= 15 is 0 Å². The number of hydrogen-bond acceptors (Lipinski definition) is 2. The maximum atomic E-state index is 11.6. The van der Waals surface area contributed by atoms with Crippen molar-refractivity contribution in [2.24, 2.45) is 5.92 Å². The van der Waals surface area contributed by atoms with Gasteiger partial charge < -0.3 is 10.6 Å². The average Bonchev–Trinajstić information content (AvgIpc) is 2.86. The third kappa shape index (κ3) is 1.96. The molecule has 0 radical (unpaired) electrons. The minimum atomic E-state index is 0.106. The Morgan fingerprint density at radius 3 is 2.33 bits per heavy atom. The van der Waals surface area contributed by atoms with E-state index in [1.165, 1.54) is 0 Å². The van der Waals surface area contributed by atoms with E-state index in [1.807, 2.05) is 29.2 Å². The van der Waals surface area contributed by atoms with Gasteiger partial charge in [0.05, 0.1) is 0 Å². The van der Waals surface area contributed by atoms with Crippen LogP contribution >= 0.6 is 0 Å². The number of nitrogens with zero attached hydrogens (tertiary/aromatic N) is 1. The van der Waals surface area contributed by atoms with E-state index in [1.54, 1.807) is 6.92 Å². The summed E-state index contributed by atoms with van der Waals surface area (Å²) in [6.07, 6.45) is 1.10. The Balaban J connectivity index is 2.25. The molecule has 2 N–H and O–H groups in total. The molecule has 15 heavy (non-hydrogen) atoms. The van der Waals surface area contributed by atoms with Gasteiger partial charge in [0.2, 0.25) is 5.91 Å². The van der Waals surface area contributed by atoms with Gasteiger partial charge in [-0.1, -0.05) is 6.92 Å². The first-order chi connectivity index (χ1) is 7.09. The van der Waals surface area contributed by atoms with E-state index in [0.29, 0.717) is 12.0 Å². The van der Waals surface area contributed by atoms with Crippen LogP contribution in [-0.2, 0) is 4.79 Å². The molecular formula is C12H16N2O. The lowest BCUT2D eigenvalue weighted by molar-refractivity contribution is -0.116. The van der Waals surface area contributed by atoms with Gasteiger partial charge in [-0.15, -0.1) is 0 Å². The second-order valence-corrected chi connectivity index (χ2v) is 4.26. The van der Waals surface area contributed by atoms with E-state index in [9.17, 15) is 4.79 Å². The van der Waals surface area contributed by atoms with Crippen LogP contribution in [0.2, 0.25) is 0 Å². The largest absolute Gasteiger partial charge is 0.399 e. The Morgan fingerprint density at radius 2 is 1.93 bits per heavy atom. The molecule has 1 fully saturated rings. The molecule has 1 aromatic rings. The molecular weight excluding hydrogens is 188 g/mol. The van der Waals surface area contributed by atoms with Crippen LogP contribution in [0.4, 0.5) is 11.4 Å². The number of rotatable bonds is 2. The minimum absolute atomic E-state index is 0.106. The number of nitrogen functional groups attached to an aromatic ring is 1. The van der Waals surface area contributed by atoms with Crippen LogP contribution in [0.15, 0.2) is 24.3 Å². The molecule has 1 aromatic carbocycles. The van der Waals surface area contributed by atoms with Crippen LogP contribution in [0, 0.1) is 5.92 Å². The van der Waals surface area contributed by atoms with Gasteiger partial charge in [0.1, 0.15) is 0 Å². The van der Waals surface area contributed by atoms with E-state index in [0.717, 1.165) is 17.8 Å². The number of carbonyl (C=O) groups is 1. The molecule has 0 spiro atoms. The highest BCUT2D eigenvalue weighted by Crippen LogP contribution is 2.38. The van der Waals surface area contributed by atoms with E-state index in [-0.39, 0.29) is 5.91 Å². The molecule has 0 aliphatic heterocycles. The summed E-state index contributed by atoms with van der Waals surface area (Å²) in [4.78, 5) is 13.4. The molecule has 1 aliphatic carbocycles. The quantitative estimate of drug-likeness (QED) is 0.749. The monoisotopic (exact) mass is 204 g/mol. The highest BCUT2D eigenvalue weighted by Gasteiger charge is 2.40. The van der Waals surface area contributed by atoms with Gasteiger partial charge in [-0.25, -0.2) is 0 Å². The fourth-order valence-electron chi connectivity index (χ4n) is 1.90. The lowest BCUT2D eigenvalue weighted by Crippen LogP contribution is -2.31. The summed E-state index contributed by atoms with van der Waals surface area (Å²) >= 11 is 0. The fourth-order valence-corrected chi connectivity index (χ4v) is 1.90. The molecule has 3 heteroatoms. The van der Waals surface area contributed by atoms with Crippen molar-refractivity contribution in [1.29, 1.82) is 0 Å². The molecule has 0 heterocycles. The Morgan fingerprint density at radius 1 is 1.40 bits per heavy atom. The standard InChI is InChI=1S/C12H16N2O/c1-8-7-12(8)14(9(2)15)11-5-3-10(13)4-6-11/h3-6,8,12H,7,13H2,1-2H3/t8-,12+/m1/s1. The number of carbonyl (C=O) groups excluding carboxylic acids is 1. The Kier molecular flexibility index (Phi) is 2.39. The number of hydrogen-bond donors (Lipinski definition) is 1. The van der Waals surface area contributed by atoms with Crippen LogP contribution in [0.1, 0.15) is 20.3 Å². The number of benzene rings is 1. The summed E-state index contributed by atoms with van der Waals surface area (Å²) < 4.78 is 0. The highest BCUT2D eigenvalue weighted by molar-refractivity contribution is 5.92. The summed E-state index contributed by atoms with van der Waals surface area (Å²) in [5, 5.41) is 0. The predicted molar refractivity (Wildman–Crippen MR) is 61.6 cm³/mol. The zero-order valence-electron chi connectivity index (χ0n) is 9.10. The molecule has 0 bridgehead atoms. The molecule has 0 saturated heterocycles. The molecule has 0 aromatic heterocycles. The molecule has 1 aliphatic rings. The van der Waals surface area contributed by atoms with Crippen LogP contribution < -0.4 is 10.6 Å². The van der Waals surface area contributed by atoms with Crippen LogP contribution in [0.5, 0.6) is 0 Å². The van der Waals surface area contributed by atoms with Crippen molar-refractivity contribution in [3.63, 3.8) is 0 Å². The van der Waals surface area contributed by atoms with Gasteiger partial charge in [-0.3, -0.25) is 4.79 Å². The fraction of sp³-hybridized carbons (Fsp3) is 0.417. The van der Waals surface area contributed by atoms with Gasteiger partial charge in [-0.05, 0) is 36.6 Å². The molecule has 2 atom stereocenters. The SMILES string of the molecule is CC(=O)N(c1ccc(N)cc1)[C@H]1C[C@H]1C. The molecule has 2 rings (SSSR count). The summed E-state index contributed by atoms with van der Waals surface area (Å²) in [5.41, 5.74) is 7.30. The van der Waals surface area contributed by atoms with Crippen molar-refractivity contribution >= 4 is 17.3 Å². The van der Waals surface area contributed by atoms with Gasteiger partial charge in [0.15, 0.2) is 0 Å². The van der Waals surface area contributed by atoms with Crippen molar-refractivity contribution in [2.45, 2.75) is 26.3 Å². The van der Waals surface area contributed by atoms with E-state index in [2.05, 4.69) is 6.92 Å². The second kappa shape index (κ2) is 3.57. The average molecular weight is 204 g/mol. The number of amides is 1. The van der Waals surface area contributed by atoms with Gasteiger partial charge >= 0.3 is 0 Å². The Labute approximate surface area is 89.9 Å². The summed E-state index contributed by atoms with van der Waals surface area (Å²) in [6, 6.07) is 7.85. The van der Waals surface area contributed by atoms with Crippen LogP contribution in [-0.4, -0.2) is 11.9 Å². The topological polar surface area (TPSA) is 46.3 Å². The van der Waals surface area contributed by atoms with E-state index in [4.69, 9.17) is 5.73 Å². The maximum Gasteiger partial charge on any atom is 0.224 e. The summed E-state index contributed by atoms with van der Waals surface area (Å²) in [7, 11) is 0. The Bertz CT molecular complexity index is 372. The van der Waals surface area contributed by atoms with Gasteiger partial charge in [0, 0.05) is 24.3 Å². The van der Waals surface area contributed by atoms with Crippen molar-refractivity contribution in [3.8, 4) is 0 Å². The Hall–Kier alpha value is -1.51. The second-order valence-electron chi connectivity index (χ2n) is 4.26. The third-order valence-electron chi connectivity index (χ3n) is 2.91. The van der Waals surface area contributed by atoms with Crippen molar-refractivity contribution in [2.75, 3.05) is 10.6 Å². The molecule has 1 amide bonds. The maximum absolute atomic E-state index is 11.6. The van der Waals surface area contributed by atoms with Crippen molar-refractivity contribution in [1.82, 2.24) is 0 Å². The predicted octanol–water partition coefficient (Wildman–Crippen LogP) is 2.03. The van der Waals surface area contributed by atoms with Crippen molar-refractivity contribution < 1.29 is 4.79 Å². The molecule has 3 nitrogen and oxygen atoms in total. The van der Waals surface area contributed by atoms with Gasteiger partial charge in [0.25, 0.3) is 0 Å². The zero-order valence-corrected chi connectivity index (χ0v) is 9.10. The smallest absolute Gasteiger partial charge is 0.224 e. The normalized spacial score (nSPS) is 23.6. The van der Waals surface area contributed by atoms with Crippen molar-refractivity contribution in [3.05, 3.63) is 24.3 Å². The molecule has 0 unspecified atom stereocenters. The molecule has 1 saturated carbocycles. The first kappa shape index (κ1) is 10.0. The summed E-state index contributed by atoms with van der Waals surface area (Å²) in [5.74, 6) is 0.723. The minimum Gasteiger partial charge on any atom is -0.399 e. The third-order valence-corrected chi connectivity index (χ3v) is 2.91. The summed E-state index contributed by atoms with van der Waals surface area (Å²) in [6.45, 7) is 3.78. The number of nitrogens with two attached hydrogens (primary N) is 1. The molecule has 80 valence electrons. The van der Waals surface area contributed by atoms with Gasteiger partial charge in [-0.2, -0.15) is 0 Å². The number of anilines is 2. The lowest BCUT2D eigenvalue weighted by atomic mass is 10.2. The lowest BCUT2D eigenvalue weighted by Gasteiger charge is -2.21. The van der Waals surface area contributed by atoms with Crippen LogP contribution in [0.3, 0.4) is 0 Å².